The molecule has 1 aromatic rings. The van der Waals surface area contributed by atoms with Gasteiger partial charge in [0.15, 0.2) is 0 Å². The molecule has 0 saturated heterocycles. The Kier molecular flexibility index (Phi) is 5.26. The van der Waals surface area contributed by atoms with E-state index < -0.39 is 0 Å². The molecule has 19 heavy (non-hydrogen) atoms. The Morgan fingerprint density at radius 3 is 2.74 bits per heavy atom. The first-order valence-corrected chi connectivity index (χ1v) is 7.58. The fraction of sp³-hybridized carbons (Fsp3) is 0.625. The quantitative estimate of drug-likeness (QED) is 0.858. The van der Waals surface area contributed by atoms with E-state index in [9.17, 15) is 0 Å². The first-order chi connectivity index (χ1) is 9.04. The topological polar surface area (TPSA) is 15.3 Å². The molecule has 1 atom stereocenters. The normalized spacial score (nSPS) is 24.3. The number of hydrogen-bond donors (Lipinski definition) is 1. The predicted molar refractivity (Wildman–Crippen MR) is 83.0 cm³/mol. The molecule has 2 rings (SSSR count). The van der Waals surface area contributed by atoms with Gasteiger partial charge >= 0.3 is 0 Å². The Labute approximate surface area is 122 Å². The molecule has 0 bridgehead atoms. The zero-order valence-corrected chi connectivity index (χ0v) is 13.0. The Morgan fingerprint density at radius 1 is 1.37 bits per heavy atom. The van der Waals surface area contributed by atoms with E-state index in [2.05, 4.69) is 49.4 Å². The minimum atomic E-state index is 0.604. The van der Waals surface area contributed by atoms with Gasteiger partial charge in [0.2, 0.25) is 0 Å². The lowest BCUT2D eigenvalue weighted by Gasteiger charge is -2.38. The Balaban J connectivity index is 1.71. The van der Waals surface area contributed by atoms with Crippen molar-refractivity contribution in [2.75, 3.05) is 20.6 Å². The van der Waals surface area contributed by atoms with Gasteiger partial charge in [-0.15, -0.1) is 0 Å². The van der Waals surface area contributed by atoms with Crippen molar-refractivity contribution in [3.05, 3.63) is 34.9 Å². The maximum Gasteiger partial charge on any atom is 0.0408 e. The van der Waals surface area contributed by atoms with Crippen LogP contribution in [0.25, 0.3) is 0 Å². The molecule has 2 nitrogen and oxygen atoms in total. The SMILES string of the molecule is CC(CCN(C)C)NC1CC(c2cccc(Cl)c2)C1. The molecule has 1 unspecified atom stereocenters. The van der Waals surface area contributed by atoms with Crippen LogP contribution in [-0.4, -0.2) is 37.6 Å². The van der Waals surface area contributed by atoms with Crippen LogP contribution in [0.2, 0.25) is 5.02 Å². The highest BCUT2D eigenvalue weighted by molar-refractivity contribution is 6.30. The highest BCUT2D eigenvalue weighted by Crippen LogP contribution is 2.37. The van der Waals surface area contributed by atoms with E-state index in [1.807, 2.05) is 6.07 Å². The molecule has 0 radical (unpaired) electrons. The van der Waals surface area contributed by atoms with Gasteiger partial charge in [-0.1, -0.05) is 23.7 Å². The van der Waals surface area contributed by atoms with E-state index >= 15 is 0 Å². The lowest BCUT2D eigenvalue weighted by Crippen LogP contribution is -2.45. The number of benzene rings is 1. The van der Waals surface area contributed by atoms with E-state index in [0.29, 0.717) is 18.0 Å². The molecule has 3 heteroatoms. The molecular formula is C16H25ClN2. The molecule has 1 aromatic carbocycles. The number of halogens is 1. The van der Waals surface area contributed by atoms with Crippen molar-refractivity contribution in [2.24, 2.45) is 0 Å². The summed E-state index contributed by atoms with van der Waals surface area (Å²) in [6, 6.07) is 9.59. The zero-order valence-electron chi connectivity index (χ0n) is 12.2. The summed E-state index contributed by atoms with van der Waals surface area (Å²) in [7, 11) is 4.26. The number of nitrogens with zero attached hydrogens (tertiary/aromatic N) is 1. The second-order valence-electron chi connectivity index (χ2n) is 6.08. The lowest BCUT2D eigenvalue weighted by atomic mass is 9.75. The number of hydrogen-bond acceptors (Lipinski definition) is 2. The molecular weight excluding hydrogens is 256 g/mol. The van der Waals surface area contributed by atoms with Gasteiger partial charge in [-0.05, 0) is 70.4 Å². The van der Waals surface area contributed by atoms with E-state index in [1.54, 1.807) is 0 Å². The van der Waals surface area contributed by atoms with Crippen LogP contribution in [0.15, 0.2) is 24.3 Å². The summed E-state index contributed by atoms with van der Waals surface area (Å²) in [6.45, 7) is 3.44. The van der Waals surface area contributed by atoms with Crippen LogP contribution in [0.4, 0.5) is 0 Å². The summed E-state index contributed by atoms with van der Waals surface area (Å²) in [5.41, 5.74) is 1.39. The summed E-state index contributed by atoms with van der Waals surface area (Å²) in [5, 5.41) is 4.58. The Hall–Kier alpha value is -0.570. The second kappa shape index (κ2) is 6.74. The minimum absolute atomic E-state index is 0.604. The summed E-state index contributed by atoms with van der Waals surface area (Å²) >= 11 is 6.04. The van der Waals surface area contributed by atoms with Crippen LogP contribution < -0.4 is 5.32 Å². The third kappa shape index (κ3) is 4.48. The van der Waals surface area contributed by atoms with Gasteiger partial charge in [0, 0.05) is 17.1 Å². The standard InChI is InChI=1S/C16H25ClN2/c1-12(7-8-19(2)3)18-16-10-14(11-16)13-5-4-6-15(17)9-13/h4-6,9,12,14,16,18H,7-8,10-11H2,1-3H3. The number of nitrogens with one attached hydrogen (secondary N) is 1. The van der Waals surface area contributed by atoms with Gasteiger partial charge in [0.25, 0.3) is 0 Å². The molecule has 1 aliphatic rings. The Morgan fingerprint density at radius 2 is 2.11 bits per heavy atom. The second-order valence-corrected chi connectivity index (χ2v) is 6.52. The van der Waals surface area contributed by atoms with Crippen LogP contribution in [0.1, 0.15) is 37.7 Å². The fourth-order valence-corrected chi connectivity index (χ4v) is 2.92. The van der Waals surface area contributed by atoms with Crippen molar-refractivity contribution < 1.29 is 0 Å². The molecule has 0 spiro atoms. The lowest BCUT2D eigenvalue weighted by molar-refractivity contribution is 0.255. The van der Waals surface area contributed by atoms with Gasteiger partial charge in [-0.2, -0.15) is 0 Å². The predicted octanol–water partition coefficient (Wildman–Crippen LogP) is 3.52. The Bertz CT molecular complexity index is 399. The van der Waals surface area contributed by atoms with Crippen molar-refractivity contribution in [1.82, 2.24) is 10.2 Å². The minimum Gasteiger partial charge on any atom is -0.311 e. The average Bonchev–Trinajstić information content (AvgIpc) is 2.30. The average molecular weight is 281 g/mol. The summed E-state index contributed by atoms with van der Waals surface area (Å²) in [4.78, 5) is 2.24. The maximum absolute atomic E-state index is 6.04. The smallest absolute Gasteiger partial charge is 0.0408 e. The van der Waals surface area contributed by atoms with Crippen molar-refractivity contribution in [2.45, 2.75) is 44.2 Å². The number of rotatable bonds is 6. The van der Waals surface area contributed by atoms with Crippen LogP contribution >= 0.6 is 11.6 Å². The molecule has 0 aromatic heterocycles. The van der Waals surface area contributed by atoms with Crippen molar-refractivity contribution >= 4 is 11.6 Å². The first-order valence-electron chi connectivity index (χ1n) is 7.21. The molecule has 0 amide bonds. The highest BCUT2D eigenvalue weighted by Gasteiger charge is 2.30. The molecule has 1 fully saturated rings. The summed E-state index contributed by atoms with van der Waals surface area (Å²) < 4.78 is 0. The third-order valence-corrected chi connectivity index (χ3v) is 4.22. The van der Waals surface area contributed by atoms with E-state index in [0.717, 1.165) is 11.6 Å². The van der Waals surface area contributed by atoms with E-state index in [1.165, 1.54) is 24.8 Å². The van der Waals surface area contributed by atoms with Crippen molar-refractivity contribution in [1.29, 1.82) is 0 Å². The van der Waals surface area contributed by atoms with Crippen LogP contribution in [-0.2, 0) is 0 Å². The largest absolute Gasteiger partial charge is 0.311 e. The molecule has 106 valence electrons. The zero-order chi connectivity index (χ0) is 13.8. The van der Waals surface area contributed by atoms with Crippen molar-refractivity contribution in [3.8, 4) is 0 Å². The summed E-state index contributed by atoms with van der Waals surface area (Å²) in [6.07, 6.45) is 3.70. The first kappa shape index (κ1) is 14.8. The van der Waals surface area contributed by atoms with Gasteiger partial charge in [0.1, 0.15) is 0 Å². The molecule has 0 aliphatic heterocycles. The van der Waals surface area contributed by atoms with Gasteiger partial charge in [-0.25, -0.2) is 0 Å². The van der Waals surface area contributed by atoms with E-state index in [-0.39, 0.29) is 0 Å². The van der Waals surface area contributed by atoms with E-state index in [4.69, 9.17) is 11.6 Å². The monoisotopic (exact) mass is 280 g/mol. The summed E-state index contributed by atoms with van der Waals surface area (Å²) in [5.74, 6) is 0.692. The fourth-order valence-electron chi connectivity index (χ4n) is 2.72. The molecule has 1 saturated carbocycles. The third-order valence-electron chi connectivity index (χ3n) is 3.99. The molecule has 1 aliphatic carbocycles. The van der Waals surface area contributed by atoms with Gasteiger partial charge in [0.05, 0.1) is 0 Å². The van der Waals surface area contributed by atoms with Crippen LogP contribution in [0, 0.1) is 0 Å². The van der Waals surface area contributed by atoms with Crippen LogP contribution in [0.5, 0.6) is 0 Å². The molecule has 0 heterocycles. The van der Waals surface area contributed by atoms with Gasteiger partial charge in [-0.3, -0.25) is 0 Å². The maximum atomic E-state index is 6.04. The molecule has 1 N–H and O–H groups in total. The van der Waals surface area contributed by atoms with Crippen molar-refractivity contribution in [3.63, 3.8) is 0 Å². The highest BCUT2D eigenvalue weighted by atomic mass is 35.5. The van der Waals surface area contributed by atoms with Gasteiger partial charge < -0.3 is 10.2 Å². The van der Waals surface area contributed by atoms with Crippen LogP contribution in [0.3, 0.4) is 0 Å².